The minimum absolute atomic E-state index is 0.109. The highest BCUT2D eigenvalue weighted by Gasteiger charge is 2.06. The summed E-state index contributed by atoms with van der Waals surface area (Å²) in [5, 5.41) is 9.56. The second-order valence-corrected chi connectivity index (χ2v) is 5.12. The van der Waals surface area contributed by atoms with Gasteiger partial charge in [-0.05, 0) is 36.4 Å². The quantitative estimate of drug-likeness (QED) is 0.772. The van der Waals surface area contributed by atoms with Gasteiger partial charge >= 0.3 is 0 Å². The van der Waals surface area contributed by atoms with Gasteiger partial charge in [0.15, 0.2) is 0 Å². The van der Waals surface area contributed by atoms with Gasteiger partial charge in [0, 0.05) is 24.8 Å². The summed E-state index contributed by atoms with van der Waals surface area (Å²) in [6.45, 7) is 0.683. The molecule has 2 aromatic carbocycles. The van der Waals surface area contributed by atoms with Crippen LogP contribution in [0.15, 0.2) is 53.3 Å². The fourth-order valence-electron chi connectivity index (χ4n) is 2.38. The number of nitrogens with zero attached hydrogens (tertiary/aromatic N) is 2. The first-order chi connectivity index (χ1) is 10.7. The van der Waals surface area contributed by atoms with Gasteiger partial charge in [0.1, 0.15) is 5.82 Å². The summed E-state index contributed by atoms with van der Waals surface area (Å²) in [5.74, 6) is 0.556. The smallest absolute Gasteiger partial charge is 0.259 e. The minimum atomic E-state index is -0.137. The molecule has 5 nitrogen and oxygen atoms in total. The number of nitrogens with one attached hydrogen (secondary N) is 1. The van der Waals surface area contributed by atoms with Crippen LogP contribution in [-0.2, 0) is 0 Å². The summed E-state index contributed by atoms with van der Waals surface area (Å²) >= 11 is 0. The molecule has 22 heavy (non-hydrogen) atoms. The molecule has 112 valence electrons. The van der Waals surface area contributed by atoms with Crippen LogP contribution in [0.25, 0.3) is 22.3 Å². The largest absolute Gasteiger partial charge is 0.395 e. The van der Waals surface area contributed by atoms with E-state index in [1.54, 1.807) is 6.07 Å². The van der Waals surface area contributed by atoms with E-state index in [4.69, 9.17) is 5.11 Å². The predicted molar refractivity (Wildman–Crippen MR) is 88.2 cm³/mol. The SMILES string of the molecule is CN(CCO)c1ccc(-c2nc3ccccc3c(=O)[nH]2)cc1. The Morgan fingerprint density at radius 3 is 2.59 bits per heavy atom. The second kappa shape index (κ2) is 5.99. The first-order valence-electron chi connectivity index (χ1n) is 7.10. The first-order valence-corrected chi connectivity index (χ1v) is 7.10. The van der Waals surface area contributed by atoms with Crippen LogP contribution in [0.4, 0.5) is 5.69 Å². The molecule has 0 unspecified atom stereocenters. The number of fused-ring (bicyclic) bond motifs is 1. The number of aromatic nitrogens is 2. The van der Waals surface area contributed by atoms with Crippen molar-refractivity contribution in [3.63, 3.8) is 0 Å². The van der Waals surface area contributed by atoms with E-state index in [0.717, 1.165) is 11.3 Å². The van der Waals surface area contributed by atoms with Crippen LogP contribution >= 0.6 is 0 Å². The Kier molecular flexibility index (Phi) is 3.89. The molecule has 3 aromatic rings. The molecule has 0 amide bonds. The number of hydrogen-bond donors (Lipinski definition) is 2. The number of benzene rings is 2. The molecule has 0 aliphatic heterocycles. The average Bonchev–Trinajstić information content (AvgIpc) is 2.55. The predicted octanol–water partition coefficient (Wildman–Crippen LogP) is 2.02. The van der Waals surface area contributed by atoms with Crippen LogP contribution in [0, 0.1) is 0 Å². The monoisotopic (exact) mass is 295 g/mol. The number of likely N-dealkylation sites (N-methyl/N-ethyl adjacent to an activating group) is 1. The molecule has 0 aliphatic rings. The van der Waals surface area contributed by atoms with E-state index >= 15 is 0 Å². The highest BCUT2D eigenvalue weighted by atomic mass is 16.3. The molecule has 0 atom stereocenters. The zero-order chi connectivity index (χ0) is 15.5. The third-order valence-electron chi connectivity index (χ3n) is 3.63. The molecule has 2 N–H and O–H groups in total. The molecule has 0 saturated carbocycles. The van der Waals surface area contributed by atoms with Crippen LogP contribution in [0.2, 0.25) is 0 Å². The Hall–Kier alpha value is -2.66. The lowest BCUT2D eigenvalue weighted by Gasteiger charge is -2.18. The van der Waals surface area contributed by atoms with E-state index in [0.29, 0.717) is 23.3 Å². The maximum absolute atomic E-state index is 12.1. The van der Waals surface area contributed by atoms with Crippen molar-refractivity contribution in [1.29, 1.82) is 0 Å². The third kappa shape index (κ3) is 2.71. The van der Waals surface area contributed by atoms with Crippen molar-refractivity contribution in [2.75, 3.05) is 25.1 Å². The van der Waals surface area contributed by atoms with Crippen LogP contribution in [0.1, 0.15) is 0 Å². The lowest BCUT2D eigenvalue weighted by molar-refractivity contribution is 0.304. The average molecular weight is 295 g/mol. The highest BCUT2D eigenvalue weighted by molar-refractivity contribution is 5.79. The zero-order valence-electron chi connectivity index (χ0n) is 12.3. The zero-order valence-corrected chi connectivity index (χ0v) is 12.3. The Balaban J connectivity index is 1.99. The molecular weight excluding hydrogens is 278 g/mol. The van der Waals surface area contributed by atoms with E-state index < -0.39 is 0 Å². The highest BCUT2D eigenvalue weighted by Crippen LogP contribution is 2.20. The van der Waals surface area contributed by atoms with Gasteiger partial charge in [0.05, 0.1) is 17.5 Å². The standard InChI is InChI=1S/C17H17N3O2/c1-20(10-11-21)13-8-6-12(7-9-13)16-18-15-5-3-2-4-14(15)17(22)19-16/h2-9,21H,10-11H2,1H3,(H,18,19,22). The van der Waals surface area contributed by atoms with Gasteiger partial charge in [-0.3, -0.25) is 4.79 Å². The number of aromatic amines is 1. The molecule has 0 fully saturated rings. The molecule has 1 heterocycles. The van der Waals surface area contributed by atoms with Crippen molar-refractivity contribution < 1.29 is 5.11 Å². The van der Waals surface area contributed by atoms with Crippen molar-refractivity contribution >= 4 is 16.6 Å². The molecule has 0 saturated heterocycles. The summed E-state index contributed by atoms with van der Waals surface area (Å²) in [4.78, 5) is 21.4. The number of H-pyrrole nitrogens is 1. The molecule has 0 radical (unpaired) electrons. The van der Waals surface area contributed by atoms with E-state index in [9.17, 15) is 4.79 Å². The number of aliphatic hydroxyl groups excluding tert-OH is 1. The number of para-hydroxylation sites is 1. The summed E-state index contributed by atoms with van der Waals surface area (Å²) in [6, 6.07) is 15.0. The first kappa shape index (κ1) is 14.3. The van der Waals surface area contributed by atoms with Gasteiger partial charge in [-0.15, -0.1) is 0 Å². The number of hydrogen-bond acceptors (Lipinski definition) is 4. The van der Waals surface area contributed by atoms with E-state index in [1.165, 1.54) is 0 Å². The molecule has 3 rings (SSSR count). The molecule has 5 heteroatoms. The van der Waals surface area contributed by atoms with Crippen LogP contribution < -0.4 is 10.5 Å². The van der Waals surface area contributed by atoms with E-state index in [-0.39, 0.29) is 12.2 Å². The molecule has 0 bridgehead atoms. The van der Waals surface area contributed by atoms with Crippen LogP contribution in [0.3, 0.4) is 0 Å². The number of rotatable bonds is 4. The molecule has 0 spiro atoms. The fraction of sp³-hybridized carbons (Fsp3) is 0.176. The van der Waals surface area contributed by atoms with Gasteiger partial charge in [-0.1, -0.05) is 12.1 Å². The summed E-state index contributed by atoms with van der Waals surface area (Å²) in [6.07, 6.45) is 0. The normalized spacial score (nSPS) is 10.8. The lowest BCUT2D eigenvalue weighted by Crippen LogP contribution is -2.20. The Morgan fingerprint density at radius 2 is 1.86 bits per heavy atom. The van der Waals surface area contributed by atoms with Gasteiger partial charge in [0.25, 0.3) is 5.56 Å². The summed E-state index contributed by atoms with van der Waals surface area (Å²) in [5.41, 5.74) is 2.40. The third-order valence-corrected chi connectivity index (χ3v) is 3.63. The Morgan fingerprint density at radius 1 is 1.14 bits per heavy atom. The van der Waals surface area contributed by atoms with E-state index in [2.05, 4.69) is 9.97 Å². The lowest BCUT2D eigenvalue weighted by atomic mass is 10.1. The number of aliphatic hydroxyl groups is 1. The topological polar surface area (TPSA) is 69.2 Å². The summed E-state index contributed by atoms with van der Waals surface area (Å²) < 4.78 is 0. The van der Waals surface area contributed by atoms with Gasteiger partial charge in [0.2, 0.25) is 0 Å². The van der Waals surface area contributed by atoms with Gasteiger partial charge in [-0.2, -0.15) is 0 Å². The molecule has 1 aromatic heterocycles. The Bertz CT molecular complexity index is 840. The van der Waals surface area contributed by atoms with Crippen molar-refractivity contribution in [3.8, 4) is 11.4 Å². The van der Waals surface area contributed by atoms with Crippen molar-refractivity contribution in [3.05, 3.63) is 58.9 Å². The fourth-order valence-corrected chi connectivity index (χ4v) is 2.38. The van der Waals surface area contributed by atoms with Gasteiger partial charge in [-0.25, -0.2) is 4.98 Å². The second-order valence-electron chi connectivity index (χ2n) is 5.12. The molecule has 0 aliphatic carbocycles. The maximum Gasteiger partial charge on any atom is 0.259 e. The minimum Gasteiger partial charge on any atom is -0.395 e. The maximum atomic E-state index is 12.1. The Labute approximate surface area is 127 Å². The summed E-state index contributed by atoms with van der Waals surface area (Å²) in [7, 11) is 1.92. The van der Waals surface area contributed by atoms with Crippen LogP contribution in [-0.4, -0.2) is 35.3 Å². The van der Waals surface area contributed by atoms with Crippen LogP contribution in [0.5, 0.6) is 0 Å². The van der Waals surface area contributed by atoms with Crippen molar-refractivity contribution in [2.45, 2.75) is 0 Å². The number of anilines is 1. The van der Waals surface area contributed by atoms with E-state index in [1.807, 2.05) is 54.4 Å². The van der Waals surface area contributed by atoms with Gasteiger partial charge < -0.3 is 15.0 Å². The van der Waals surface area contributed by atoms with Crippen molar-refractivity contribution in [2.24, 2.45) is 0 Å². The van der Waals surface area contributed by atoms with Crippen molar-refractivity contribution in [1.82, 2.24) is 9.97 Å². The molecular formula is C17H17N3O2.